The summed E-state index contributed by atoms with van der Waals surface area (Å²) in [6, 6.07) is 12.0. The maximum absolute atomic E-state index is 13.7. The standard InChI is InChI=1S/C19H21FN2O/c1-14-6-5-7-15(12-14)19(23)21-17-13-16(20)8-9-18(17)22-10-3-2-4-11-22/h5-9,12-13H,2-4,10-11H2,1H3,(H,21,23). The van der Waals surface area contributed by atoms with E-state index in [0.29, 0.717) is 11.3 Å². The predicted molar refractivity (Wildman–Crippen MR) is 91.6 cm³/mol. The van der Waals surface area contributed by atoms with Gasteiger partial charge in [0.2, 0.25) is 0 Å². The Hall–Kier alpha value is -2.36. The molecule has 120 valence electrons. The third-order valence-electron chi connectivity index (χ3n) is 4.18. The lowest BCUT2D eigenvalue weighted by atomic mass is 10.1. The highest BCUT2D eigenvalue weighted by Gasteiger charge is 2.17. The highest BCUT2D eigenvalue weighted by atomic mass is 19.1. The zero-order valence-corrected chi connectivity index (χ0v) is 13.3. The Morgan fingerprint density at radius 1 is 1.09 bits per heavy atom. The van der Waals surface area contributed by atoms with E-state index >= 15 is 0 Å². The van der Waals surface area contributed by atoms with E-state index in [1.165, 1.54) is 18.6 Å². The van der Waals surface area contributed by atoms with Crippen molar-refractivity contribution < 1.29 is 9.18 Å². The van der Waals surface area contributed by atoms with E-state index in [2.05, 4.69) is 10.2 Å². The Bertz CT molecular complexity index is 708. The molecule has 1 N–H and O–H groups in total. The van der Waals surface area contributed by atoms with Gasteiger partial charge in [-0.2, -0.15) is 0 Å². The van der Waals surface area contributed by atoms with Gasteiger partial charge in [0.25, 0.3) is 5.91 Å². The van der Waals surface area contributed by atoms with Gasteiger partial charge in [-0.05, 0) is 56.5 Å². The zero-order valence-electron chi connectivity index (χ0n) is 13.3. The molecule has 3 rings (SSSR count). The number of benzene rings is 2. The topological polar surface area (TPSA) is 32.3 Å². The van der Waals surface area contributed by atoms with E-state index in [1.807, 2.05) is 25.1 Å². The highest BCUT2D eigenvalue weighted by molar-refractivity contribution is 6.06. The van der Waals surface area contributed by atoms with Crippen LogP contribution in [0, 0.1) is 12.7 Å². The average Bonchev–Trinajstić information content (AvgIpc) is 2.56. The molecule has 4 heteroatoms. The molecule has 0 aromatic heterocycles. The van der Waals surface area contributed by atoms with Gasteiger partial charge in [-0.15, -0.1) is 0 Å². The second-order valence-corrected chi connectivity index (χ2v) is 6.03. The number of nitrogens with zero attached hydrogens (tertiary/aromatic N) is 1. The fourth-order valence-corrected chi connectivity index (χ4v) is 3.00. The van der Waals surface area contributed by atoms with Gasteiger partial charge in [-0.3, -0.25) is 4.79 Å². The van der Waals surface area contributed by atoms with Crippen molar-refractivity contribution in [2.45, 2.75) is 26.2 Å². The van der Waals surface area contributed by atoms with E-state index in [9.17, 15) is 9.18 Å². The Kier molecular flexibility index (Phi) is 4.60. The minimum absolute atomic E-state index is 0.211. The van der Waals surface area contributed by atoms with Crippen molar-refractivity contribution in [1.82, 2.24) is 0 Å². The SMILES string of the molecule is Cc1cccc(C(=O)Nc2cc(F)ccc2N2CCCCC2)c1. The maximum atomic E-state index is 13.7. The van der Waals surface area contributed by atoms with Crippen molar-refractivity contribution in [1.29, 1.82) is 0 Å². The van der Waals surface area contributed by atoms with E-state index in [1.54, 1.807) is 12.1 Å². The van der Waals surface area contributed by atoms with Gasteiger partial charge in [-0.25, -0.2) is 4.39 Å². The Morgan fingerprint density at radius 3 is 2.61 bits per heavy atom. The van der Waals surface area contributed by atoms with Crippen molar-refractivity contribution in [3.8, 4) is 0 Å². The molecule has 1 amide bonds. The summed E-state index contributed by atoms with van der Waals surface area (Å²) in [6.45, 7) is 3.83. The molecule has 23 heavy (non-hydrogen) atoms. The van der Waals surface area contributed by atoms with Gasteiger partial charge in [0.15, 0.2) is 0 Å². The van der Waals surface area contributed by atoms with Crippen LogP contribution in [0.4, 0.5) is 15.8 Å². The molecule has 0 saturated carbocycles. The first-order valence-corrected chi connectivity index (χ1v) is 8.06. The lowest BCUT2D eigenvalue weighted by Gasteiger charge is -2.30. The monoisotopic (exact) mass is 312 g/mol. The van der Waals surface area contributed by atoms with Crippen LogP contribution in [0.5, 0.6) is 0 Å². The summed E-state index contributed by atoms with van der Waals surface area (Å²) in [5.41, 5.74) is 3.04. The molecule has 1 aliphatic heterocycles. The smallest absolute Gasteiger partial charge is 0.255 e. The van der Waals surface area contributed by atoms with Crippen molar-refractivity contribution in [3.63, 3.8) is 0 Å². The number of amides is 1. The van der Waals surface area contributed by atoms with Gasteiger partial charge < -0.3 is 10.2 Å². The lowest BCUT2D eigenvalue weighted by molar-refractivity contribution is 0.102. The third kappa shape index (κ3) is 3.70. The first-order chi connectivity index (χ1) is 11.1. The number of hydrogen-bond donors (Lipinski definition) is 1. The number of nitrogens with one attached hydrogen (secondary N) is 1. The van der Waals surface area contributed by atoms with E-state index in [-0.39, 0.29) is 11.7 Å². The molecule has 0 radical (unpaired) electrons. The van der Waals surface area contributed by atoms with E-state index < -0.39 is 0 Å². The Balaban J connectivity index is 1.86. The number of rotatable bonds is 3. The van der Waals surface area contributed by atoms with Crippen LogP contribution in [0.2, 0.25) is 0 Å². The fraction of sp³-hybridized carbons (Fsp3) is 0.316. The van der Waals surface area contributed by atoms with Gasteiger partial charge in [0.05, 0.1) is 11.4 Å². The molecule has 0 bridgehead atoms. The molecule has 0 unspecified atom stereocenters. The Labute approximate surface area is 136 Å². The van der Waals surface area contributed by atoms with Gasteiger partial charge in [-0.1, -0.05) is 17.7 Å². The summed E-state index contributed by atoms with van der Waals surface area (Å²) in [6.07, 6.45) is 3.48. The highest BCUT2D eigenvalue weighted by Crippen LogP contribution is 2.29. The van der Waals surface area contributed by atoms with Crippen molar-refractivity contribution in [2.75, 3.05) is 23.3 Å². The quantitative estimate of drug-likeness (QED) is 0.912. The fourth-order valence-electron chi connectivity index (χ4n) is 3.00. The minimum Gasteiger partial charge on any atom is -0.370 e. The predicted octanol–water partition coefficient (Wildman–Crippen LogP) is 4.38. The molecule has 1 fully saturated rings. The maximum Gasteiger partial charge on any atom is 0.255 e. The number of aryl methyl sites for hydroxylation is 1. The first-order valence-electron chi connectivity index (χ1n) is 8.06. The molecule has 0 atom stereocenters. The summed E-state index contributed by atoms with van der Waals surface area (Å²) in [4.78, 5) is 14.7. The molecule has 3 nitrogen and oxygen atoms in total. The van der Waals surface area contributed by atoms with Crippen LogP contribution in [-0.2, 0) is 0 Å². The van der Waals surface area contributed by atoms with Crippen molar-refractivity contribution >= 4 is 17.3 Å². The molecule has 1 aliphatic rings. The summed E-state index contributed by atoms with van der Waals surface area (Å²) < 4.78 is 13.7. The van der Waals surface area contributed by atoms with Crippen LogP contribution in [-0.4, -0.2) is 19.0 Å². The van der Waals surface area contributed by atoms with Gasteiger partial charge in [0, 0.05) is 18.7 Å². The number of halogens is 1. The number of anilines is 2. The number of piperidine rings is 1. The third-order valence-corrected chi connectivity index (χ3v) is 4.18. The summed E-state index contributed by atoms with van der Waals surface area (Å²) in [5.74, 6) is -0.553. The van der Waals surface area contributed by atoms with E-state index in [0.717, 1.165) is 37.2 Å². The normalized spacial score (nSPS) is 14.6. The van der Waals surface area contributed by atoms with Crippen molar-refractivity contribution in [2.24, 2.45) is 0 Å². The van der Waals surface area contributed by atoms with Crippen LogP contribution >= 0.6 is 0 Å². The Morgan fingerprint density at radius 2 is 1.87 bits per heavy atom. The molecule has 0 aliphatic carbocycles. The zero-order chi connectivity index (χ0) is 16.2. The van der Waals surface area contributed by atoms with Crippen LogP contribution in [0.1, 0.15) is 35.2 Å². The van der Waals surface area contributed by atoms with E-state index in [4.69, 9.17) is 0 Å². The van der Waals surface area contributed by atoms with Crippen LogP contribution < -0.4 is 10.2 Å². The second-order valence-electron chi connectivity index (χ2n) is 6.03. The summed E-state index contributed by atoms with van der Waals surface area (Å²) in [7, 11) is 0. The molecule has 1 saturated heterocycles. The van der Waals surface area contributed by atoms with Gasteiger partial charge in [0.1, 0.15) is 5.82 Å². The molecule has 1 heterocycles. The number of hydrogen-bond acceptors (Lipinski definition) is 2. The molecular formula is C19H21FN2O. The minimum atomic E-state index is -0.342. The van der Waals surface area contributed by atoms with Crippen LogP contribution in [0.15, 0.2) is 42.5 Å². The second kappa shape index (κ2) is 6.82. The number of carbonyl (C=O) groups is 1. The molecule has 0 spiro atoms. The lowest BCUT2D eigenvalue weighted by Crippen LogP contribution is -2.30. The number of carbonyl (C=O) groups excluding carboxylic acids is 1. The van der Waals surface area contributed by atoms with Gasteiger partial charge >= 0.3 is 0 Å². The largest absolute Gasteiger partial charge is 0.370 e. The summed E-state index contributed by atoms with van der Waals surface area (Å²) in [5, 5.41) is 2.87. The molecule has 2 aromatic rings. The first kappa shape index (κ1) is 15.5. The average molecular weight is 312 g/mol. The summed E-state index contributed by atoms with van der Waals surface area (Å²) >= 11 is 0. The van der Waals surface area contributed by atoms with Crippen LogP contribution in [0.3, 0.4) is 0 Å². The molecule has 2 aromatic carbocycles. The van der Waals surface area contributed by atoms with Crippen molar-refractivity contribution in [3.05, 3.63) is 59.4 Å². The van der Waals surface area contributed by atoms with Crippen LogP contribution in [0.25, 0.3) is 0 Å². The molecular weight excluding hydrogens is 291 g/mol.